The fourth-order valence-corrected chi connectivity index (χ4v) is 2.56. The van der Waals surface area contributed by atoms with Crippen LogP contribution in [-0.4, -0.2) is 33.4 Å². The summed E-state index contributed by atoms with van der Waals surface area (Å²) < 4.78 is 16.3. The average Bonchev–Trinajstić information content (AvgIpc) is 2.62. The number of benzene rings is 2. The van der Waals surface area contributed by atoms with Gasteiger partial charge in [0, 0.05) is 6.04 Å². The first kappa shape index (κ1) is 18.1. The molecule has 1 atom stereocenters. The van der Waals surface area contributed by atoms with Crippen molar-refractivity contribution >= 4 is 0 Å². The van der Waals surface area contributed by atoms with Crippen LogP contribution in [0.2, 0.25) is 0 Å². The summed E-state index contributed by atoms with van der Waals surface area (Å²) >= 11 is 0. The predicted molar refractivity (Wildman–Crippen MR) is 97.3 cm³/mol. The van der Waals surface area contributed by atoms with E-state index in [1.54, 1.807) is 14.2 Å². The smallest absolute Gasteiger partial charge is 0.160 e. The zero-order valence-electron chi connectivity index (χ0n) is 14.7. The highest BCUT2D eigenvalue weighted by Gasteiger charge is 2.07. The van der Waals surface area contributed by atoms with E-state index in [2.05, 4.69) is 18.3 Å². The summed E-state index contributed by atoms with van der Waals surface area (Å²) in [5.74, 6) is 2.47. The normalized spacial score (nSPS) is 11.8. The molecule has 4 nitrogen and oxygen atoms in total. The Hall–Kier alpha value is -2.20. The van der Waals surface area contributed by atoms with Gasteiger partial charge in [-0.1, -0.05) is 24.3 Å². The van der Waals surface area contributed by atoms with Gasteiger partial charge in [0.2, 0.25) is 0 Å². The molecule has 0 radical (unpaired) electrons. The molecule has 0 spiro atoms. The fraction of sp³-hybridized carbons (Fsp3) is 0.400. The molecule has 4 heteroatoms. The Morgan fingerprint density at radius 2 is 1.71 bits per heavy atom. The Labute approximate surface area is 144 Å². The van der Waals surface area contributed by atoms with Crippen molar-refractivity contribution in [3.8, 4) is 17.2 Å². The molecule has 0 aliphatic rings. The van der Waals surface area contributed by atoms with E-state index in [1.807, 2.05) is 42.5 Å². The number of ether oxygens (including phenoxy) is 3. The van der Waals surface area contributed by atoms with Crippen molar-refractivity contribution in [1.29, 1.82) is 0 Å². The molecule has 2 aromatic carbocycles. The van der Waals surface area contributed by atoms with Gasteiger partial charge in [-0.3, -0.25) is 0 Å². The Kier molecular flexibility index (Phi) is 7.43. The third-order valence-electron chi connectivity index (χ3n) is 3.82. The molecular weight excluding hydrogens is 302 g/mol. The van der Waals surface area contributed by atoms with E-state index in [0.29, 0.717) is 6.04 Å². The van der Waals surface area contributed by atoms with Gasteiger partial charge in [-0.05, 0) is 56.1 Å². The molecule has 2 aromatic rings. The fourth-order valence-electron chi connectivity index (χ4n) is 2.56. The molecule has 0 aliphatic carbocycles. The molecule has 2 rings (SSSR count). The summed E-state index contributed by atoms with van der Waals surface area (Å²) in [4.78, 5) is 0. The van der Waals surface area contributed by atoms with E-state index >= 15 is 0 Å². The van der Waals surface area contributed by atoms with Crippen LogP contribution < -0.4 is 19.5 Å². The third-order valence-corrected chi connectivity index (χ3v) is 3.82. The number of nitrogens with one attached hydrogen (secondary N) is 1. The van der Waals surface area contributed by atoms with E-state index in [4.69, 9.17) is 14.2 Å². The number of hydrogen-bond acceptors (Lipinski definition) is 4. The van der Waals surface area contributed by atoms with E-state index in [1.165, 1.54) is 5.56 Å². The van der Waals surface area contributed by atoms with Crippen molar-refractivity contribution in [1.82, 2.24) is 5.32 Å². The Bertz CT molecular complexity index is 601. The van der Waals surface area contributed by atoms with Crippen LogP contribution in [-0.2, 0) is 6.42 Å². The number of hydrogen-bond donors (Lipinski definition) is 1. The van der Waals surface area contributed by atoms with Crippen LogP contribution in [0.1, 0.15) is 18.9 Å². The van der Waals surface area contributed by atoms with Crippen LogP contribution in [0.4, 0.5) is 0 Å². The molecule has 0 aliphatic heterocycles. The van der Waals surface area contributed by atoms with E-state index in [9.17, 15) is 0 Å². The van der Waals surface area contributed by atoms with Crippen molar-refractivity contribution in [2.24, 2.45) is 0 Å². The third kappa shape index (κ3) is 5.78. The van der Waals surface area contributed by atoms with Gasteiger partial charge < -0.3 is 19.5 Å². The van der Waals surface area contributed by atoms with E-state index in [0.717, 1.165) is 43.2 Å². The molecule has 24 heavy (non-hydrogen) atoms. The summed E-state index contributed by atoms with van der Waals surface area (Å²) in [5.41, 5.74) is 1.23. The molecule has 1 N–H and O–H groups in total. The maximum atomic E-state index is 5.69. The summed E-state index contributed by atoms with van der Waals surface area (Å²) in [5, 5.41) is 3.53. The largest absolute Gasteiger partial charge is 0.494 e. The van der Waals surface area contributed by atoms with Gasteiger partial charge in [-0.2, -0.15) is 0 Å². The second kappa shape index (κ2) is 9.83. The highest BCUT2D eigenvalue weighted by atomic mass is 16.5. The lowest BCUT2D eigenvalue weighted by molar-refractivity contribution is 0.305. The molecule has 0 heterocycles. The SMILES string of the molecule is COc1ccc(CC(C)NCCCOc2ccccc2)cc1OC. The van der Waals surface area contributed by atoms with Crippen molar-refractivity contribution < 1.29 is 14.2 Å². The molecular formula is C20H27NO3. The second-order valence-corrected chi connectivity index (χ2v) is 5.76. The Morgan fingerprint density at radius 1 is 0.958 bits per heavy atom. The Morgan fingerprint density at radius 3 is 2.42 bits per heavy atom. The lowest BCUT2D eigenvalue weighted by Crippen LogP contribution is -2.29. The molecule has 0 bridgehead atoms. The molecule has 0 fully saturated rings. The molecule has 0 amide bonds. The van der Waals surface area contributed by atoms with Gasteiger partial charge in [-0.15, -0.1) is 0 Å². The maximum Gasteiger partial charge on any atom is 0.160 e. The summed E-state index contributed by atoms with van der Waals surface area (Å²) in [6, 6.07) is 16.4. The lowest BCUT2D eigenvalue weighted by Gasteiger charge is -2.15. The van der Waals surface area contributed by atoms with E-state index in [-0.39, 0.29) is 0 Å². The molecule has 0 aromatic heterocycles. The number of rotatable bonds is 10. The van der Waals surface area contributed by atoms with Crippen LogP contribution in [0.25, 0.3) is 0 Å². The van der Waals surface area contributed by atoms with Crippen molar-refractivity contribution in [2.45, 2.75) is 25.8 Å². The first-order valence-electron chi connectivity index (χ1n) is 8.35. The van der Waals surface area contributed by atoms with Crippen molar-refractivity contribution in [3.63, 3.8) is 0 Å². The maximum absolute atomic E-state index is 5.69. The quantitative estimate of drug-likeness (QED) is 0.675. The zero-order chi connectivity index (χ0) is 17.2. The van der Waals surface area contributed by atoms with Crippen LogP contribution in [0.5, 0.6) is 17.2 Å². The van der Waals surface area contributed by atoms with Gasteiger partial charge in [0.25, 0.3) is 0 Å². The predicted octanol–water partition coefficient (Wildman–Crippen LogP) is 3.69. The lowest BCUT2D eigenvalue weighted by atomic mass is 10.1. The van der Waals surface area contributed by atoms with Crippen molar-refractivity contribution in [3.05, 3.63) is 54.1 Å². The topological polar surface area (TPSA) is 39.7 Å². The first-order valence-corrected chi connectivity index (χ1v) is 8.35. The van der Waals surface area contributed by atoms with Crippen LogP contribution in [0.15, 0.2) is 48.5 Å². The highest BCUT2D eigenvalue weighted by Crippen LogP contribution is 2.27. The number of para-hydroxylation sites is 1. The standard InChI is InChI=1S/C20H27NO3/c1-16(14-17-10-11-19(22-2)20(15-17)23-3)21-12-7-13-24-18-8-5-4-6-9-18/h4-6,8-11,15-16,21H,7,12-14H2,1-3H3. The van der Waals surface area contributed by atoms with Gasteiger partial charge >= 0.3 is 0 Å². The monoisotopic (exact) mass is 329 g/mol. The van der Waals surface area contributed by atoms with Gasteiger partial charge in [0.1, 0.15) is 5.75 Å². The van der Waals surface area contributed by atoms with Gasteiger partial charge in [0.05, 0.1) is 20.8 Å². The molecule has 0 saturated carbocycles. The number of methoxy groups -OCH3 is 2. The molecule has 130 valence electrons. The highest BCUT2D eigenvalue weighted by molar-refractivity contribution is 5.43. The molecule has 1 unspecified atom stereocenters. The average molecular weight is 329 g/mol. The Balaban J connectivity index is 1.68. The summed E-state index contributed by atoms with van der Waals surface area (Å²) in [7, 11) is 3.31. The van der Waals surface area contributed by atoms with Crippen LogP contribution in [0, 0.1) is 0 Å². The van der Waals surface area contributed by atoms with Crippen LogP contribution in [0.3, 0.4) is 0 Å². The minimum Gasteiger partial charge on any atom is -0.494 e. The summed E-state index contributed by atoms with van der Waals surface area (Å²) in [6.45, 7) is 3.84. The van der Waals surface area contributed by atoms with E-state index < -0.39 is 0 Å². The van der Waals surface area contributed by atoms with Crippen LogP contribution >= 0.6 is 0 Å². The second-order valence-electron chi connectivity index (χ2n) is 5.76. The zero-order valence-corrected chi connectivity index (χ0v) is 14.7. The van der Waals surface area contributed by atoms with Crippen molar-refractivity contribution in [2.75, 3.05) is 27.4 Å². The first-order chi connectivity index (χ1) is 11.7. The minimum absolute atomic E-state index is 0.389. The summed E-state index contributed by atoms with van der Waals surface area (Å²) in [6.07, 6.45) is 1.92. The molecule has 0 saturated heterocycles. The van der Waals surface area contributed by atoms with Gasteiger partial charge in [-0.25, -0.2) is 0 Å². The van der Waals surface area contributed by atoms with Gasteiger partial charge in [0.15, 0.2) is 11.5 Å². The minimum atomic E-state index is 0.389.